The van der Waals surface area contributed by atoms with E-state index in [0.717, 1.165) is 17.8 Å². The van der Waals surface area contributed by atoms with Crippen molar-refractivity contribution in [2.45, 2.75) is 39.1 Å². The van der Waals surface area contributed by atoms with Crippen LogP contribution in [0, 0.1) is 12.7 Å². The second kappa shape index (κ2) is 7.55. The predicted octanol–water partition coefficient (Wildman–Crippen LogP) is 1.86. The van der Waals surface area contributed by atoms with Crippen molar-refractivity contribution in [3.8, 4) is 0 Å². The van der Waals surface area contributed by atoms with Crippen LogP contribution in [0.5, 0.6) is 0 Å². The molecule has 0 fully saturated rings. The molecule has 0 spiro atoms. The van der Waals surface area contributed by atoms with Gasteiger partial charge in [0.2, 0.25) is 5.91 Å². The van der Waals surface area contributed by atoms with Crippen LogP contribution in [0.1, 0.15) is 35.0 Å². The van der Waals surface area contributed by atoms with Crippen molar-refractivity contribution in [3.05, 3.63) is 52.6 Å². The molecule has 1 atom stereocenters. The molecule has 26 heavy (non-hydrogen) atoms. The van der Waals surface area contributed by atoms with Gasteiger partial charge in [0, 0.05) is 33.7 Å². The lowest BCUT2D eigenvalue weighted by molar-refractivity contribution is -0.130. The maximum Gasteiger partial charge on any atom is 0.225 e. The second-order valence-electron chi connectivity index (χ2n) is 7.03. The van der Waals surface area contributed by atoms with Crippen molar-refractivity contribution >= 4 is 5.91 Å². The van der Waals surface area contributed by atoms with Gasteiger partial charge >= 0.3 is 0 Å². The summed E-state index contributed by atoms with van der Waals surface area (Å²) in [7, 11) is 3.33. The molecule has 0 aliphatic carbocycles. The lowest BCUT2D eigenvalue weighted by Crippen LogP contribution is -2.33. The lowest BCUT2D eigenvalue weighted by Gasteiger charge is -2.28. The van der Waals surface area contributed by atoms with Gasteiger partial charge in [0.25, 0.3) is 0 Å². The van der Waals surface area contributed by atoms with E-state index in [2.05, 4.69) is 10.00 Å². The summed E-state index contributed by atoms with van der Waals surface area (Å²) in [4.78, 5) is 15.5. The predicted molar refractivity (Wildman–Crippen MR) is 95.7 cm³/mol. The fourth-order valence-corrected chi connectivity index (χ4v) is 3.16. The fraction of sp³-hybridized carbons (Fsp3) is 0.474. The number of carbonyl (C=O) groups is 1. The highest BCUT2D eigenvalue weighted by molar-refractivity contribution is 5.76. The van der Waals surface area contributed by atoms with Gasteiger partial charge in [-0.1, -0.05) is 12.1 Å². The second-order valence-corrected chi connectivity index (χ2v) is 7.03. The third-order valence-corrected chi connectivity index (χ3v) is 4.88. The summed E-state index contributed by atoms with van der Waals surface area (Å²) in [6.45, 7) is 4.66. The Morgan fingerprint density at radius 2 is 2.15 bits per heavy atom. The van der Waals surface area contributed by atoms with Gasteiger partial charge in [-0.25, -0.2) is 4.39 Å². The van der Waals surface area contributed by atoms with Gasteiger partial charge in [0.15, 0.2) is 0 Å². The minimum Gasteiger partial charge on any atom is -0.386 e. The molecule has 1 amide bonds. The number of rotatable bonds is 5. The van der Waals surface area contributed by atoms with Crippen molar-refractivity contribution < 1.29 is 14.3 Å². The Morgan fingerprint density at radius 3 is 2.88 bits per heavy atom. The molecule has 1 aliphatic rings. The minimum absolute atomic E-state index is 0.0235. The first-order valence-corrected chi connectivity index (χ1v) is 8.76. The summed E-state index contributed by atoms with van der Waals surface area (Å²) >= 11 is 0. The average Bonchev–Trinajstić information content (AvgIpc) is 3.02. The number of aliphatic hydroxyl groups is 1. The third-order valence-electron chi connectivity index (χ3n) is 4.88. The van der Waals surface area contributed by atoms with Crippen molar-refractivity contribution in [2.24, 2.45) is 0 Å². The van der Waals surface area contributed by atoms with Crippen LogP contribution in [0.4, 0.5) is 4.39 Å². The van der Waals surface area contributed by atoms with Gasteiger partial charge < -0.3 is 10.0 Å². The molecule has 1 N–H and O–H groups in total. The highest BCUT2D eigenvalue weighted by Crippen LogP contribution is 2.22. The van der Waals surface area contributed by atoms with E-state index < -0.39 is 6.10 Å². The number of carbonyl (C=O) groups excluding carboxylic acids is 1. The highest BCUT2D eigenvalue weighted by atomic mass is 19.1. The molecule has 1 unspecified atom stereocenters. The summed E-state index contributed by atoms with van der Waals surface area (Å²) in [6, 6.07) is 7.03. The van der Waals surface area contributed by atoms with E-state index >= 15 is 0 Å². The summed E-state index contributed by atoms with van der Waals surface area (Å²) < 4.78 is 15.6. The summed E-state index contributed by atoms with van der Waals surface area (Å²) in [5, 5.41) is 14.7. The SMILES string of the molecule is Cc1c(F)cccc1CN1CCn2nc(C(O)CC(=O)N(C)C)cc2C1. The molecule has 0 radical (unpaired) electrons. The van der Waals surface area contributed by atoms with Crippen molar-refractivity contribution in [1.82, 2.24) is 19.6 Å². The Balaban J connectivity index is 1.68. The van der Waals surface area contributed by atoms with Crippen LogP contribution >= 0.6 is 0 Å². The molecular weight excluding hydrogens is 335 g/mol. The monoisotopic (exact) mass is 360 g/mol. The van der Waals surface area contributed by atoms with Gasteiger partial charge in [-0.3, -0.25) is 14.4 Å². The van der Waals surface area contributed by atoms with Crippen LogP contribution in [-0.2, 0) is 24.4 Å². The Bertz CT molecular complexity index is 803. The molecule has 6 nitrogen and oxygen atoms in total. The number of aromatic nitrogens is 2. The molecule has 1 aromatic carbocycles. The number of hydrogen-bond acceptors (Lipinski definition) is 4. The maximum atomic E-state index is 13.7. The largest absolute Gasteiger partial charge is 0.386 e. The van der Waals surface area contributed by atoms with E-state index in [1.54, 1.807) is 27.1 Å². The van der Waals surface area contributed by atoms with Gasteiger partial charge in [0.1, 0.15) is 11.9 Å². The molecule has 0 saturated heterocycles. The summed E-state index contributed by atoms with van der Waals surface area (Å²) in [5.41, 5.74) is 3.19. The van der Waals surface area contributed by atoms with Gasteiger partial charge in [-0.05, 0) is 30.2 Å². The normalized spacial score (nSPS) is 15.6. The van der Waals surface area contributed by atoms with Crippen LogP contribution in [0.25, 0.3) is 0 Å². The Kier molecular flexibility index (Phi) is 5.38. The molecule has 7 heteroatoms. The number of aliphatic hydroxyl groups excluding tert-OH is 1. The molecule has 0 saturated carbocycles. The topological polar surface area (TPSA) is 61.6 Å². The Hall–Kier alpha value is -2.25. The van der Waals surface area contributed by atoms with Crippen LogP contribution in [0.2, 0.25) is 0 Å². The van der Waals surface area contributed by atoms with E-state index in [0.29, 0.717) is 30.9 Å². The van der Waals surface area contributed by atoms with Crippen LogP contribution in [0.3, 0.4) is 0 Å². The smallest absolute Gasteiger partial charge is 0.225 e. The molecule has 2 heterocycles. The lowest BCUT2D eigenvalue weighted by atomic mass is 10.1. The molecular formula is C19H25FN4O2. The molecule has 3 rings (SSSR count). The number of hydrogen-bond donors (Lipinski definition) is 1. The van der Waals surface area contributed by atoms with E-state index in [9.17, 15) is 14.3 Å². The highest BCUT2D eigenvalue weighted by Gasteiger charge is 2.23. The first kappa shape index (κ1) is 18.5. The summed E-state index contributed by atoms with van der Waals surface area (Å²) in [5.74, 6) is -0.313. The average molecular weight is 360 g/mol. The molecule has 1 aliphatic heterocycles. The first-order valence-electron chi connectivity index (χ1n) is 8.76. The molecule has 1 aromatic heterocycles. The number of fused-ring (bicyclic) bond motifs is 1. The van der Waals surface area contributed by atoms with Gasteiger partial charge in [-0.2, -0.15) is 5.10 Å². The number of halogens is 1. The zero-order valence-corrected chi connectivity index (χ0v) is 15.4. The molecule has 2 aromatic rings. The van der Waals surface area contributed by atoms with Crippen molar-refractivity contribution in [3.63, 3.8) is 0 Å². The first-order chi connectivity index (χ1) is 12.3. The number of nitrogens with zero attached hydrogens (tertiary/aromatic N) is 4. The van der Waals surface area contributed by atoms with Gasteiger partial charge in [0.05, 0.1) is 24.4 Å². The van der Waals surface area contributed by atoms with E-state index in [-0.39, 0.29) is 18.1 Å². The third kappa shape index (κ3) is 3.94. The van der Waals surface area contributed by atoms with Crippen molar-refractivity contribution in [2.75, 3.05) is 20.6 Å². The van der Waals surface area contributed by atoms with Crippen LogP contribution in [0.15, 0.2) is 24.3 Å². The summed E-state index contributed by atoms with van der Waals surface area (Å²) in [6.07, 6.45) is -0.878. The van der Waals surface area contributed by atoms with Crippen LogP contribution < -0.4 is 0 Å². The van der Waals surface area contributed by atoms with E-state index in [4.69, 9.17) is 0 Å². The Morgan fingerprint density at radius 1 is 1.38 bits per heavy atom. The van der Waals surface area contributed by atoms with Crippen LogP contribution in [-0.4, -0.2) is 51.2 Å². The van der Waals surface area contributed by atoms with E-state index in [1.165, 1.54) is 11.0 Å². The molecule has 140 valence electrons. The fourth-order valence-electron chi connectivity index (χ4n) is 3.16. The van der Waals surface area contributed by atoms with Crippen molar-refractivity contribution in [1.29, 1.82) is 0 Å². The number of amides is 1. The quantitative estimate of drug-likeness (QED) is 0.884. The maximum absolute atomic E-state index is 13.7. The zero-order chi connectivity index (χ0) is 18.8. The standard InChI is InChI=1S/C19H25FN4O2/c1-13-14(5-4-6-16(13)20)11-23-7-8-24-15(12-23)9-17(21-24)18(25)10-19(26)22(2)3/h4-6,9,18,25H,7-8,10-12H2,1-3H3. The number of benzene rings is 1. The molecule has 0 bridgehead atoms. The minimum atomic E-state index is -0.901. The van der Waals surface area contributed by atoms with Gasteiger partial charge in [-0.15, -0.1) is 0 Å². The zero-order valence-electron chi connectivity index (χ0n) is 15.4. The van der Waals surface area contributed by atoms with E-state index in [1.807, 2.05) is 16.8 Å². The Labute approximate surface area is 152 Å².